The van der Waals surface area contributed by atoms with Gasteiger partial charge in [-0.05, 0) is 72.2 Å². The summed E-state index contributed by atoms with van der Waals surface area (Å²) in [4.78, 5) is 0. The maximum absolute atomic E-state index is 5.21. The average Bonchev–Trinajstić information content (AvgIpc) is 2.72. The molecule has 134 valence electrons. The average molecular weight is 346 g/mol. The molecule has 0 heterocycles. The Kier molecular flexibility index (Phi) is 6.32. The van der Waals surface area contributed by atoms with Gasteiger partial charge in [0.1, 0.15) is 11.5 Å². The van der Waals surface area contributed by atoms with Gasteiger partial charge in [-0.15, -0.1) is 0 Å². The van der Waals surface area contributed by atoms with E-state index in [0.29, 0.717) is 0 Å². The topological polar surface area (TPSA) is 18.5 Å². The van der Waals surface area contributed by atoms with E-state index in [4.69, 9.17) is 9.47 Å². The Labute approximate surface area is 156 Å². The van der Waals surface area contributed by atoms with E-state index in [0.717, 1.165) is 37.2 Å². The second-order valence-electron chi connectivity index (χ2n) is 6.51. The molecular formula is C24H26O2. The maximum Gasteiger partial charge on any atom is 0.118 e. The fourth-order valence-electron chi connectivity index (χ4n) is 3.03. The Morgan fingerprint density at radius 1 is 0.423 bits per heavy atom. The van der Waals surface area contributed by atoms with Crippen LogP contribution >= 0.6 is 0 Å². The molecule has 2 heteroatoms. The summed E-state index contributed by atoms with van der Waals surface area (Å²) in [5.74, 6) is 1.82. The molecule has 0 aromatic heterocycles. The molecule has 3 rings (SSSR count). The Hall–Kier alpha value is -2.74. The van der Waals surface area contributed by atoms with Crippen LogP contribution in [0, 0.1) is 0 Å². The molecule has 3 aromatic rings. The number of aryl methyl sites for hydroxylation is 4. The summed E-state index contributed by atoms with van der Waals surface area (Å²) in [5.41, 5.74) is 5.45. The number of methoxy groups -OCH3 is 2. The van der Waals surface area contributed by atoms with E-state index in [1.807, 2.05) is 24.3 Å². The summed E-state index contributed by atoms with van der Waals surface area (Å²) in [6.07, 6.45) is 4.22. The first-order chi connectivity index (χ1) is 12.8. The number of hydrogen-bond acceptors (Lipinski definition) is 2. The van der Waals surface area contributed by atoms with Gasteiger partial charge in [0.2, 0.25) is 0 Å². The van der Waals surface area contributed by atoms with Crippen LogP contribution in [0.5, 0.6) is 11.5 Å². The van der Waals surface area contributed by atoms with Gasteiger partial charge in [-0.1, -0.05) is 48.5 Å². The van der Waals surface area contributed by atoms with Gasteiger partial charge in [-0.3, -0.25) is 0 Å². The molecule has 0 fully saturated rings. The highest BCUT2D eigenvalue weighted by atomic mass is 16.5. The Morgan fingerprint density at radius 2 is 0.654 bits per heavy atom. The van der Waals surface area contributed by atoms with Gasteiger partial charge in [-0.2, -0.15) is 0 Å². The fraction of sp³-hybridized carbons (Fsp3) is 0.250. The first kappa shape index (κ1) is 18.1. The van der Waals surface area contributed by atoms with Crippen LogP contribution in [0.25, 0.3) is 0 Å². The summed E-state index contributed by atoms with van der Waals surface area (Å²) in [6, 6.07) is 25.7. The highest BCUT2D eigenvalue weighted by molar-refractivity contribution is 5.30. The molecule has 0 radical (unpaired) electrons. The molecule has 0 bridgehead atoms. The summed E-state index contributed by atoms with van der Waals surface area (Å²) in [5, 5.41) is 0. The minimum atomic E-state index is 0.912. The highest BCUT2D eigenvalue weighted by Gasteiger charge is 2.00. The molecule has 26 heavy (non-hydrogen) atoms. The van der Waals surface area contributed by atoms with Crippen molar-refractivity contribution in [1.82, 2.24) is 0 Å². The molecule has 0 saturated heterocycles. The lowest BCUT2D eigenvalue weighted by molar-refractivity contribution is 0.414. The third kappa shape index (κ3) is 5.13. The van der Waals surface area contributed by atoms with Gasteiger partial charge in [0.25, 0.3) is 0 Å². The molecule has 0 aliphatic heterocycles. The van der Waals surface area contributed by atoms with E-state index in [-0.39, 0.29) is 0 Å². The van der Waals surface area contributed by atoms with Gasteiger partial charge in [0.05, 0.1) is 14.2 Å². The molecule has 0 atom stereocenters. The van der Waals surface area contributed by atoms with E-state index in [1.165, 1.54) is 22.3 Å². The quantitative estimate of drug-likeness (QED) is 0.553. The van der Waals surface area contributed by atoms with Gasteiger partial charge in [-0.25, -0.2) is 0 Å². The number of benzene rings is 3. The smallest absolute Gasteiger partial charge is 0.118 e. The van der Waals surface area contributed by atoms with Crippen molar-refractivity contribution in [2.75, 3.05) is 14.2 Å². The third-order valence-electron chi connectivity index (χ3n) is 4.75. The molecule has 2 nitrogen and oxygen atoms in total. The molecule has 0 aliphatic carbocycles. The number of ether oxygens (including phenoxy) is 2. The molecule has 0 aliphatic rings. The SMILES string of the molecule is COc1ccc(CCc2ccc(CCc3ccc(OC)cc3)cc2)cc1. The van der Waals surface area contributed by atoms with Crippen molar-refractivity contribution in [1.29, 1.82) is 0 Å². The largest absolute Gasteiger partial charge is 0.497 e. The molecule has 0 spiro atoms. The second kappa shape index (κ2) is 9.10. The Morgan fingerprint density at radius 3 is 0.885 bits per heavy atom. The zero-order chi connectivity index (χ0) is 18.2. The predicted molar refractivity (Wildman–Crippen MR) is 107 cm³/mol. The summed E-state index contributed by atoms with van der Waals surface area (Å²) in [7, 11) is 3.40. The third-order valence-corrected chi connectivity index (χ3v) is 4.75. The van der Waals surface area contributed by atoms with E-state index < -0.39 is 0 Å². The van der Waals surface area contributed by atoms with Crippen molar-refractivity contribution in [2.45, 2.75) is 25.7 Å². The van der Waals surface area contributed by atoms with Crippen molar-refractivity contribution in [3.05, 3.63) is 95.1 Å². The minimum absolute atomic E-state index is 0.912. The lowest BCUT2D eigenvalue weighted by atomic mass is 10.0. The molecule has 0 amide bonds. The number of rotatable bonds is 8. The van der Waals surface area contributed by atoms with Crippen molar-refractivity contribution in [2.24, 2.45) is 0 Å². The van der Waals surface area contributed by atoms with Crippen molar-refractivity contribution in [3.63, 3.8) is 0 Å². The van der Waals surface area contributed by atoms with Crippen molar-refractivity contribution in [3.8, 4) is 11.5 Å². The van der Waals surface area contributed by atoms with Gasteiger partial charge in [0, 0.05) is 0 Å². The van der Waals surface area contributed by atoms with Crippen LogP contribution in [0.1, 0.15) is 22.3 Å². The van der Waals surface area contributed by atoms with Crippen LogP contribution in [0.15, 0.2) is 72.8 Å². The van der Waals surface area contributed by atoms with E-state index in [1.54, 1.807) is 14.2 Å². The first-order valence-corrected chi connectivity index (χ1v) is 9.10. The fourth-order valence-corrected chi connectivity index (χ4v) is 3.03. The zero-order valence-electron chi connectivity index (χ0n) is 15.6. The number of hydrogen-bond donors (Lipinski definition) is 0. The monoisotopic (exact) mass is 346 g/mol. The summed E-state index contributed by atoms with van der Waals surface area (Å²) in [6.45, 7) is 0. The summed E-state index contributed by atoms with van der Waals surface area (Å²) >= 11 is 0. The minimum Gasteiger partial charge on any atom is -0.497 e. The Bertz CT molecular complexity index is 717. The van der Waals surface area contributed by atoms with E-state index >= 15 is 0 Å². The van der Waals surface area contributed by atoms with Gasteiger partial charge in [0.15, 0.2) is 0 Å². The molecule has 0 N–H and O–H groups in total. The Balaban J connectivity index is 1.49. The van der Waals surface area contributed by atoms with Crippen LogP contribution in [0.2, 0.25) is 0 Å². The van der Waals surface area contributed by atoms with Gasteiger partial charge < -0.3 is 9.47 Å². The maximum atomic E-state index is 5.21. The van der Waals surface area contributed by atoms with Crippen molar-refractivity contribution < 1.29 is 9.47 Å². The van der Waals surface area contributed by atoms with Crippen molar-refractivity contribution >= 4 is 0 Å². The zero-order valence-corrected chi connectivity index (χ0v) is 15.6. The lowest BCUT2D eigenvalue weighted by Crippen LogP contribution is -1.94. The molecular weight excluding hydrogens is 320 g/mol. The van der Waals surface area contributed by atoms with Crippen LogP contribution in [0.4, 0.5) is 0 Å². The standard InChI is InChI=1S/C24H26O2/c1-25-23-15-11-21(12-16-23)9-7-19-3-5-20(6-4-19)8-10-22-13-17-24(26-2)18-14-22/h3-6,11-18H,7-10H2,1-2H3. The summed E-state index contributed by atoms with van der Waals surface area (Å²) < 4.78 is 10.4. The van der Waals surface area contributed by atoms with E-state index in [2.05, 4.69) is 48.5 Å². The molecule has 0 saturated carbocycles. The second-order valence-corrected chi connectivity index (χ2v) is 6.51. The highest BCUT2D eigenvalue weighted by Crippen LogP contribution is 2.16. The predicted octanol–water partition coefficient (Wildman–Crippen LogP) is 5.27. The lowest BCUT2D eigenvalue weighted by Gasteiger charge is -2.07. The normalized spacial score (nSPS) is 10.5. The molecule has 0 unspecified atom stereocenters. The van der Waals surface area contributed by atoms with Gasteiger partial charge >= 0.3 is 0 Å². The van der Waals surface area contributed by atoms with Crippen LogP contribution in [0.3, 0.4) is 0 Å². The van der Waals surface area contributed by atoms with Crippen LogP contribution in [-0.2, 0) is 25.7 Å². The van der Waals surface area contributed by atoms with Crippen LogP contribution in [-0.4, -0.2) is 14.2 Å². The molecule has 3 aromatic carbocycles. The first-order valence-electron chi connectivity index (χ1n) is 9.10. The van der Waals surface area contributed by atoms with E-state index in [9.17, 15) is 0 Å². The van der Waals surface area contributed by atoms with Crippen LogP contribution < -0.4 is 9.47 Å².